The molecule has 0 fully saturated rings. The van der Waals surface area contributed by atoms with E-state index >= 15 is 0 Å². The van der Waals surface area contributed by atoms with Crippen LogP contribution in [0.4, 0.5) is 0 Å². The molecule has 4 nitrogen and oxygen atoms in total. The summed E-state index contributed by atoms with van der Waals surface area (Å²) < 4.78 is 5.23. The molecule has 0 saturated carbocycles. The molecule has 15 heavy (non-hydrogen) atoms. The zero-order chi connectivity index (χ0) is 11.3. The van der Waals surface area contributed by atoms with Crippen molar-refractivity contribution in [3.8, 4) is 0 Å². The Bertz CT molecular complexity index is 307. The lowest BCUT2D eigenvalue weighted by atomic mass is 10.3. The largest absolute Gasteiger partial charge is 0.379 e. The van der Waals surface area contributed by atoms with Gasteiger partial charge in [0, 0.05) is 11.6 Å². The molecule has 1 rings (SSSR count). The third-order valence-electron chi connectivity index (χ3n) is 2.11. The Labute approximate surface area is 89.2 Å². The van der Waals surface area contributed by atoms with E-state index in [1.54, 1.807) is 13.0 Å². The van der Waals surface area contributed by atoms with Crippen molar-refractivity contribution in [3.05, 3.63) is 24.3 Å². The Morgan fingerprint density at radius 1 is 1.47 bits per heavy atom. The first-order valence-electron chi connectivity index (χ1n) is 4.89. The second kappa shape index (κ2) is 5.46. The molecule has 1 aliphatic rings. The minimum atomic E-state index is -0.246. The van der Waals surface area contributed by atoms with E-state index in [9.17, 15) is 9.59 Å². The van der Waals surface area contributed by atoms with E-state index in [1.165, 1.54) is 11.0 Å². The zero-order valence-corrected chi connectivity index (χ0v) is 8.86. The minimum Gasteiger partial charge on any atom is -0.379 e. The lowest BCUT2D eigenvalue weighted by Crippen LogP contribution is -2.34. The maximum Gasteiger partial charge on any atom is 0.256 e. The molecule has 0 aromatic rings. The molecule has 2 amide bonds. The van der Waals surface area contributed by atoms with Gasteiger partial charge >= 0.3 is 0 Å². The molecule has 4 heteroatoms. The van der Waals surface area contributed by atoms with Gasteiger partial charge in [-0.1, -0.05) is 6.08 Å². The summed E-state index contributed by atoms with van der Waals surface area (Å²) in [5.41, 5.74) is 0.492. The van der Waals surface area contributed by atoms with Crippen LogP contribution in [0.3, 0.4) is 0 Å². The zero-order valence-electron chi connectivity index (χ0n) is 8.86. The average Bonchev–Trinajstić information content (AvgIpc) is 2.44. The maximum absolute atomic E-state index is 11.4. The van der Waals surface area contributed by atoms with Crippen LogP contribution in [0.25, 0.3) is 0 Å². The maximum atomic E-state index is 11.4. The molecule has 0 bridgehead atoms. The predicted molar refractivity (Wildman–Crippen MR) is 56.1 cm³/mol. The highest BCUT2D eigenvalue weighted by Crippen LogP contribution is 2.10. The molecule has 0 aliphatic carbocycles. The highest BCUT2D eigenvalue weighted by atomic mass is 16.5. The van der Waals surface area contributed by atoms with Crippen LogP contribution >= 0.6 is 0 Å². The van der Waals surface area contributed by atoms with Crippen molar-refractivity contribution in [3.63, 3.8) is 0 Å². The predicted octanol–water partition coefficient (Wildman–Crippen LogP) is 0.894. The normalized spacial score (nSPS) is 15.8. The van der Waals surface area contributed by atoms with Crippen LogP contribution in [0, 0.1) is 0 Å². The lowest BCUT2D eigenvalue weighted by Gasteiger charge is -2.13. The molecular weight excluding hydrogens is 194 g/mol. The molecule has 1 aliphatic heterocycles. The van der Waals surface area contributed by atoms with Crippen LogP contribution in [0.1, 0.15) is 13.3 Å². The number of nitrogens with zero attached hydrogens (tertiary/aromatic N) is 1. The van der Waals surface area contributed by atoms with Gasteiger partial charge in [0.2, 0.25) is 0 Å². The van der Waals surface area contributed by atoms with Crippen LogP contribution in [-0.2, 0) is 14.3 Å². The Kier molecular flexibility index (Phi) is 4.24. The van der Waals surface area contributed by atoms with E-state index < -0.39 is 0 Å². The summed E-state index contributed by atoms with van der Waals surface area (Å²) in [6, 6.07) is 0. The Morgan fingerprint density at radius 3 is 2.73 bits per heavy atom. The summed E-state index contributed by atoms with van der Waals surface area (Å²) in [5, 5.41) is 0. The molecule has 1 heterocycles. The summed E-state index contributed by atoms with van der Waals surface area (Å²) in [4.78, 5) is 23.9. The van der Waals surface area contributed by atoms with Crippen molar-refractivity contribution in [1.29, 1.82) is 0 Å². The number of carbonyl (C=O) groups excluding carboxylic acids is 2. The Balaban J connectivity index is 2.26. The second-order valence-corrected chi connectivity index (χ2v) is 3.31. The summed E-state index contributed by atoms with van der Waals surface area (Å²) >= 11 is 0. The number of hydrogen-bond acceptors (Lipinski definition) is 3. The van der Waals surface area contributed by atoms with Crippen molar-refractivity contribution in [2.75, 3.05) is 19.8 Å². The van der Waals surface area contributed by atoms with E-state index in [0.717, 1.165) is 6.42 Å². The topological polar surface area (TPSA) is 46.6 Å². The summed E-state index contributed by atoms with van der Waals surface area (Å²) in [5.74, 6) is -0.461. The SMILES string of the molecule is C=CCCOCCN1C(=O)C=C(C)C1=O. The van der Waals surface area contributed by atoms with Crippen LogP contribution < -0.4 is 0 Å². The number of hydrogen-bond donors (Lipinski definition) is 0. The fraction of sp³-hybridized carbons (Fsp3) is 0.455. The average molecular weight is 209 g/mol. The van der Waals surface area contributed by atoms with E-state index in [0.29, 0.717) is 25.3 Å². The van der Waals surface area contributed by atoms with Gasteiger partial charge in [0.05, 0.1) is 19.8 Å². The number of imide groups is 1. The van der Waals surface area contributed by atoms with Gasteiger partial charge in [-0.2, -0.15) is 0 Å². The standard InChI is InChI=1S/C11H15NO3/c1-3-4-6-15-7-5-12-10(13)8-9(2)11(12)14/h3,8H,1,4-7H2,2H3. The Morgan fingerprint density at radius 2 is 2.20 bits per heavy atom. The van der Waals surface area contributed by atoms with Gasteiger partial charge in [0.25, 0.3) is 11.8 Å². The number of amides is 2. The molecule has 0 N–H and O–H groups in total. The molecule has 82 valence electrons. The number of ether oxygens (including phenoxy) is 1. The third kappa shape index (κ3) is 3.02. The molecular formula is C11H15NO3. The van der Waals surface area contributed by atoms with Crippen LogP contribution in [0.2, 0.25) is 0 Å². The van der Waals surface area contributed by atoms with E-state index in [1.807, 2.05) is 0 Å². The highest BCUT2D eigenvalue weighted by Gasteiger charge is 2.27. The smallest absolute Gasteiger partial charge is 0.256 e. The molecule has 0 aromatic carbocycles. The van der Waals surface area contributed by atoms with Gasteiger partial charge in [-0.25, -0.2) is 0 Å². The number of carbonyl (C=O) groups is 2. The quantitative estimate of drug-likeness (QED) is 0.371. The second-order valence-electron chi connectivity index (χ2n) is 3.31. The molecule has 0 radical (unpaired) electrons. The van der Waals surface area contributed by atoms with Gasteiger partial charge in [-0.05, 0) is 13.3 Å². The van der Waals surface area contributed by atoms with Gasteiger partial charge in [-0.15, -0.1) is 6.58 Å². The molecule has 0 unspecified atom stereocenters. The van der Waals surface area contributed by atoms with Gasteiger partial charge in [-0.3, -0.25) is 14.5 Å². The van der Waals surface area contributed by atoms with E-state index in [4.69, 9.17) is 4.74 Å². The number of rotatable bonds is 6. The van der Waals surface area contributed by atoms with Crippen molar-refractivity contribution >= 4 is 11.8 Å². The monoisotopic (exact) mass is 209 g/mol. The summed E-state index contributed by atoms with van der Waals surface area (Å²) in [6.45, 7) is 6.48. The van der Waals surface area contributed by atoms with E-state index in [2.05, 4.69) is 6.58 Å². The summed E-state index contributed by atoms with van der Waals surface area (Å²) in [7, 11) is 0. The van der Waals surface area contributed by atoms with Gasteiger partial charge in [0.15, 0.2) is 0 Å². The van der Waals surface area contributed by atoms with Crippen molar-refractivity contribution in [2.24, 2.45) is 0 Å². The van der Waals surface area contributed by atoms with Crippen molar-refractivity contribution in [1.82, 2.24) is 4.90 Å². The fourth-order valence-corrected chi connectivity index (χ4v) is 1.27. The fourth-order valence-electron chi connectivity index (χ4n) is 1.27. The minimum absolute atomic E-state index is 0.215. The Hall–Kier alpha value is -1.42. The first kappa shape index (κ1) is 11.7. The molecule has 0 spiro atoms. The first-order chi connectivity index (χ1) is 7.16. The summed E-state index contributed by atoms with van der Waals surface area (Å²) in [6.07, 6.45) is 3.89. The van der Waals surface area contributed by atoms with Gasteiger partial charge < -0.3 is 4.74 Å². The van der Waals surface area contributed by atoms with Crippen molar-refractivity contribution in [2.45, 2.75) is 13.3 Å². The van der Waals surface area contributed by atoms with Crippen LogP contribution in [0.15, 0.2) is 24.3 Å². The third-order valence-corrected chi connectivity index (χ3v) is 2.11. The molecule has 0 aromatic heterocycles. The lowest BCUT2D eigenvalue weighted by molar-refractivity contribution is -0.138. The van der Waals surface area contributed by atoms with Crippen molar-refractivity contribution < 1.29 is 14.3 Å². The van der Waals surface area contributed by atoms with Crippen LogP contribution in [0.5, 0.6) is 0 Å². The highest BCUT2D eigenvalue weighted by molar-refractivity contribution is 6.15. The van der Waals surface area contributed by atoms with Crippen LogP contribution in [-0.4, -0.2) is 36.5 Å². The molecule has 0 saturated heterocycles. The molecule has 0 atom stereocenters. The first-order valence-corrected chi connectivity index (χ1v) is 4.89. The van der Waals surface area contributed by atoms with Gasteiger partial charge in [0.1, 0.15) is 0 Å². The van der Waals surface area contributed by atoms with E-state index in [-0.39, 0.29) is 11.8 Å².